The van der Waals surface area contributed by atoms with Crippen LogP contribution in [-0.2, 0) is 15.9 Å². The lowest BCUT2D eigenvalue weighted by atomic mass is 9.96. The van der Waals surface area contributed by atoms with Crippen LogP contribution in [0.2, 0.25) is 0 Å². The molecule has 0 radical (unpaired) electrons. The molecule has 1 aromatic carbocycles. The van der Waals surface area contributed by atoms with Gasteiger partial charge in [0.15, 0.2) is 0 Å². The van der Waals surface area contributed by atoms with Crippen LogP contribution in [0.4, 0.5) is 0 Å². The average molecular weight is 235 g/mol. The number of methoxy groups -OCH3 is 2. The van der Waals surface area contributed by atoms with Crippen LogP contribution in [0.1, 0.15) is 30.1 Å². The SMILES string of the molecule is COCC(OC)c1ccccc1CC1(N)CC1. The zero-order chi connectivity index (χ0) is 12.3. The summed E-state index contributed by atoms with van der Waals surface area (Å²) >= 11 is 0. The summed E-state index contributed by atoms with van der Waals surface area (Å²) < 4.78 is 10.7. The smallest absolute Gasteiger partial charge is 0.106 e. The Morgan fingerprint density at radius 1 is 1.29 bits per heavy atom. The quantitative estimate of drug-likeness (QED) is 0.820. The summed E-state index contributed by atoms with van der Waals surface area (Å²) in [6.07, 6.45) is 3.19. The molecule has 2 rings (SSSR count). The van der Waals surface area contributed by atoms with E-state index >= 15 is 0 Å². The first kappa shape index (κ1) is 12.6. The van der Waals surface area contributed by atoms with Crippen molar-refractivity contribution in [3.63, 3.8) is 0 Å². The fraction of sp³-hybridized carbons (Fsp3) is 0.571. The van der Waals surface area contributed by atoms with E-state index in [1.165, 1.54) is 11.1 Å². The van der Waals surface area contributed by atoms with Gasteiger partial charge in [-0.2, -0.15) is 0 Å². The van der Waals surface area contributed by atoms with E-state index in [1.807, 2.05) is 6.07 Å². The third-order valence-electron chi connectivity index (χ3n) is 3.44. The first-order chi connectivity index (χ1) is 8.18. The van der Waals surface area contributed by atoms with Gasteiger partial charge in [-0.05, 0) is 30.4 Å². The molecule has 3 heteroatoms. The normalized spacial score (nSPS) is 19.0. The molecule has 1 aromatic rings. The Kier molecular flexibility index (Phi) is 3.82. The molecule has 1 fully saturated rings. The summed E-state index contributed by atoms with van der Waals surface area (Å²) in [5, 5.41) is 0. The lowest BCUT2D eigenvalue weighted by Crippen LogP contribution is -2.25. The Morgan fingerprint density at radius 2 is 2.00 bits per heavy atom. The molecular formula is C14H21NO2. The monoisotopic (exact) mass is 235 g/mol. The lowest BCUT2D eigenvalue weighted by Gasteiger charge is -2.20. The molecule has 1 saturated carbocycles. The number of hydrogen-bond donors (Lipinski definition) is 1. The standard InChI is InChI=1S/C14H21NO2/c1-16-10-13(17-2)12-6-4-3-5-11(12)9-14(15)7-8-14/h3-6,13H,7-10,15H2,1-2H3. The van der Waals surface area contributed by atoms with E-state index in [0.29, 0.717) is 6.61 Å². The largest absolute Gasteiger partial charge is 0.382 e. The van der Waals surface area contributed by atoms with Crippen LogP contribution in [0.15, 0.2) is 24.3 Å². The fourth-order valence-corrected chi connectivity index (χ4v) is 2.16. The summed E-state index contributed by atoms with van der Waals surface area (Å²) in [5.74, 6) is 0. The van der Waals surface area contributed by atoms with Crippen LogP contribution < -0.4 is 5.73 Å². The van der Waals surface area contributed by atoms with E-state index in [4.69, 9.17) is 15.2 Å². The first-order valence-electron chi connectivity index (χ1n) is 6.07. The molecule has 94 valence electrons. The Bertz CT molecular complexity index is 374. The third kappa shape index (κ3) is 3.06. The Hall–Kier alpha value is -0.900. The van der Waals surface area contributed by atoms with Crippen LogP contribution in [0, 0.1) is 0 Å². The average Bonchev–Trinajstić information content (AvgIpc) is 3.05. The van der Waals surface area contributed by atoms with Gasteiger partial charge in [0.25, 0.3) is 0 Å². The summed E-state index contributed by atoms with van der Waals surface area (Å²) in [6.45, 7) is 0.574. The minimum Gasteiger partial charge on any atom is -0.382 e. The predicted molar refractivity (Wildman–Crippen MR) is 67.9 cm³/mol. The fourth-order valence-electron chi connectivity index (χ4n) is 2.16. The molecule has 0 saturated heterocycles. The van der Waals surface area contributed by atoms with Gasteiger partial charge in [0, 0.05) is 19.8 Å². The molecule has 0 spiro atoms. The van der Waals surface area contributed by atoms with Gasteiger partial charge in [-0.15, -0.1) is 0 Å². The molecule has 17 heavy (non-hydrogen) atoms. The van der Waals surface area contributed by atoms with Crippen molar-refractivity contribution in [2.24, 2.45) is 5.73 Å². The van der Waals surface area contributed by atoms with Gasteiger partial charge in [-0.3, -0.25) is 0 Å². The van der Waals surface area contributed by atoms with Gasteiger partial charge in [0.2, 0.25) is 0 Å². The molecule has 1 aliphatic rings. The highest BCUT2D eigenvalue weighted by Crippen LogP contribution is 2.37. The van der Waals surface area contributed by atoms with Gasteiger partial charge in [0.05, 0.1) is 6.61 Å². The highest BCUT2D eigenvalue weighted by atomic mass is 16.5. The Balaban J connectivity index is 2.19. The molecule has 0 amide bonds. The van der Waals surface area contributed by atoms with E-state index in [1.54, 1.807) is 14.2 Å². The van der Waals surface area contributed by atoms with Crippen molar-refractivity contribution in [1.82, 2.24) is 0 Å². The summed E-state index contributed by atoms with van der Waals surface area (Å²) in [4.78, 5) is 0. The summed E-state index contributed by atoms with van der Waals surface area (Å²) in [5.41, 5.74) is 8.71. The number of nitrogens with two attached hydrogens (primary N) is 1. The maximum absolute atomic E-state index is 6.19. The van der Waals surface area contributed by atoms with Gasteiger partial charge in [-0.1, -0.05) is 24.3 Å². The molecule has 0 aromatic heterocycles. The molecular weight excluding hydrogens is 214 g/mol. The van der Waals surface area contributed by atoms with Crippen molar-refractivity contribution >= 4 is 0 Å². The molecule has 2 N–H and O–H groups in total. The van der Waals surface area contributed by atoms with E-state index in [-0.39, 0.29) is 11.6 Å². The van der Waals surface area contributed by atoms with Crippen LogP contribution in [0.25, 0.3) is 0 Å². The van der Waals surface area contributed by atoms with Crippen molar-refractivity contribution < 1.29 is 9.47 Å². The molecule has 0 heterocycles. The van der Waals surface area contributed by atoms with Gasteiger partial charge in [0.1, 0.15) is 6.10 Å². The Morgan fingerprint density at radius 3 is 2.59 bits per heavy atom. The second-order valence-corrected chi connectivity index (χ2v) is 4.92. The number of hydrogen-bond acceptors (Lipinski definition) is 3. The number of ether oxygens (including phenoxy) is 2. The second kappa shape index (κ2) is 5.17. The van der Waals surface area contributed by atoms with Crippen LogP contribution in [0.3, 0.4) is 0 Å². The topological polar surface area (TPSA) is 44.5 Å². The minimum absolute atomic E-state index is 0.00134. The second-order valence-electron chi connectivity index (χ2n) is 4.92. The highest BCUT2D eigenvalue weighted by Gasteiger charge is 2.38. The minimum atomic E-state index is -0.00134. The van der Waals surface area contributed by atoms with E-state index in [9.17, 15) is 0 Å². The van der Waals surface area contributed by atoms with Crippen molar-refractivity contribution in [3.05, 3.63) is 35.4 Å². The van der Waals surface area contributed by atoms with Crippen molar-refractivity contribution in [2.45, 2.75) is 30.9 Å². The maximum atomic E-state index is 6.19. The van der Waals surface area contributed by atoms with Gasteiger partial charge < -0.3 is 15.2 Å². The van der Waals surface area contributed by atoms with Gasteiger partial charge in [-0.25, -0.2) is 0 Å². The predicted octanol–water partition coefficient (Wildman–Crippen LogP) is 2.05. The van der Waals surface area contributed by atoms with Gasteiger partial charge >= 0.3 is 0 Å². The molecule has 3 nitrogen and oxygen atoms in total. The first-order valence-corrected chi connectivity index (χ1v) is 6.07. The molecule has 0 aliphatic heterocycles. The number of rotatable bonds is 6. The molecule has 1 aliphatic carbocycles. The maximum Gasteiger partial charge on any atom is 0.106 e. The van der Waals surface area contributed by atoms with E-state index in [0.717, 1.165) is 19.3 Å². The van der Waals surface area contributed by atoms with Crippen LogP contribution >= 0.6 is 0 Å². The summed E-state index contributed by atoms with van der Waals surface area (Å²) in [7, 11) is 3.41. The van der Waals surface area contributed by atoms with Crippen molar-refractivity contribution in [3.8, 4) is 0 Å². The Labute approximate surface area is 103 Å². The molecule has 1 unspecified atom stereocenters. The van der Waals surface area contributed by atoms with Crippen molar-refractivity contribution in [1.29, 1.82) is 0 Å². The zero-order valence-electron chi connectivity index (χ0n) is 10.6. The van der Waals surface area contributed by atoms with E-state index < -0.39 is 0 Å². The molecule has 1 atom stereocenters. The molecule has 0 bridgehead atoms. The van der Waals surface area contributed by atoms with E-state index in [2.05, 4.69) is 18.2 Å². The highest BCUT2D eigenvalue weighted by molar-refractivity contribution is 5.32. The van der Waals surface area contributed by atoms with Crippen LogP contribution in [-0.4, -0.2) is 26.4 Å². The zero-order valence-corrected chi connectivity index (χ0v) is 10.6. The third-order valence-corrected chi connectivity index (χ3v) is 3.44. The number of benzene rings is 1. The summed E-state index contributed by atoms with van der Waals surface area (Å²) in [6, 6.07) is 8.35. The lowest BCUT2D eigenvalue weighted by molar-refractivity contribution is 0.0269. The van der Waals surface area contributed by atoms with Crippen molar-refractivity contribution in [2.75, 3.05) is 20.8 Å². The van der Waals surface area contributed by atoms with Crippen LogP contribution in [0.5, 0.6) is 0 Å².